The Hall–Kier alpha value is -1.82. The van der Waals surface area contributed by atoms with Crippen LogP contribution in [0.4, 0.5) is 5.69 Å². The lowest BCUT2D eigenvalue weighted by Crippen LogP contribution is -2.33. The zero-order valence-electron chi connectivity index (χ0n) is 9.31. The highest BCUT2D eigenvalue weighted by Crippen LogP contribution is 2.16. The smallest absolute Gasteiger partial charge is 0.287 e. The highest BCUT2D eigenvalue weighted by Gasteiger charge is 2.13. The number of allylic oxidation sites excluding steroid dienone is 1. The van der Waals surface area contributed by atoms with Crippen LogP contribution in [0.1, 0.15) is 6.92 Å². The van der Waals surface area contributed by atoms with Gasteiger partial charge in [-0.2, -0.15) is 5.10 Å². The van der Waals surface area contributed by atoms with Gasteiger partial charge < -0.3 is 11.1 Å². The van der Waals surface area contributed by atoms with Gasteiger partial charge in [-0.3, -0.25) is 9.59 Å². The number of primary amides is 1. The van der Waals surface area contributed by atoms with Crippen molar-refractivity contribution in [3.05, 3.63) is 34.2 Å². The molecule has 7 heteroatoms. The van der Waals surface area contributed by atoms with E-state index in [1.165, 1.54) is 12.3 Å². The standard InChI is InChI=1S/C10H13ClN4O2/c1-3-4-15-10(17)8(11)7(5-13-15)14-6(2)9(12)16/h3,5-6,14H,1,4H2,2H3,(H2,12,16). The maximum absolute atomic E-state index is 11.7. The molecule has 0 aliphatic carbocycles. The third-order valence-electron chi connectivity index (χ3n) is 2.09. The number of rotatable bonds is 5. The average molecular weight is 257 g/mol. The number of hydrogen-bond donors (Lipinski definition) is 2. The van der Waals surface area contributed by atoms with E-state index >= 15 is 0 Å². The molecule has 1 aromatic rings. The summed E-state index contributed by atoms with van der Waals surface area (Å²) in [5.41, 5.74) is 4.92. The number of halogens is 1. The Bertz CT molecular complexity index is 498. The molecule has 0 aliphatic heterocycles. The molecule has 0 saturated carbocycles. The number of anilines is 1. The maximum atomic E-state index is 11.7. The van der Waals surface area contributed by atoms with Crippen molar-refractivity contribution in [1.29, 1.82) is 0 Å². The molecule has 3 N–H and O–H groups in total. The van der Waals surface area contributed by atoms with Gasteiger partial charge in [0, 0.05) is 0 Å². The van der Waals surface area contributed by atoms with Gasteiger partial charge in [-0.05, 0) is 6.92 Å². The lowest BCUT2D eigenvalue weighted by Gasteiger charge is -2.13. The summed E-state index contributed by atoms with van der Waals surface area (Å²) in [6.45, 7) is 5.33. The molecule has 0 fully saturated rings. The Morgan fingerprint density at radius 3 is 3.00 bits per heavy atom. The number of carbonyl (C=O) groups is 1. The first-order valence-electron chi connectivity index (χ1n) is 4.89. The number of nitrogens with zero attached hydrogens (tertiary/aromatic N) is 2. The van der Waals surface area contributed by atoms with Crippen molar-refractivity contribution in [3.63, 3.8) is 0 Å². The summed E-state index contributed by atoms with van der Waals surface area (Å²) in [6.07, 6.45) is 2.90. The predicted octanol–water partition coefficient (Wildman–Crippen LogP) is 0.368. The van der Waals surface area contributed by atoms with Crippen LogP contribution in [0.5, 0.6) is 0 Å². The molecule has 0 bridgehead atoms. The molecule has 1 amide bonds. The van der Waals surface area contributed by atoms with Crippen molar-refractivity contribution in [2.24, 2.45) is 5.73 Å². The normalized spacial score (nSPS) is 11.9. The molecule has 0 spiro atoms. The lowest BCUT2D eigenvalue weighted by molar-refractivity contribution is -0.118. The molecule has 0 saturated heterocycles. The van der Waals surface area contributed by atoms with E-state index in [-0.39, 0.29) is 17.3 Å². The second-order valence-electron chi connectivity index (χ2n) is 3.42. The molecule has 0 radical (unpaired) electrons. The zero-order chi connectivity index (χ0) is 13.0. The summed E-state index contributed by atoms with van der Waals surface area (Å²) in [7, 11) is 0. The minimum absolute atomic E-state index is 0.0325. The molecule has 1 heterocycles. The van der Waals surface area contributed by atoms with E-state index in [4.69, 9.17) is 17.3 Å². The van der Waals surface area contributed by atoms with Crippen LogP contribution in [-0.2, 0) is 11.3 Å². The van der Waals surface area contributed by atoms with Crippen LogP contribution in [0.25, 0.3) is 0 Å². The van der Waals surface area contributed by atoms with Gasteiger partial charge in [0.15, 0.2) is 0 Å². The van der Waals surface area contributed by atoms with Crippen molar-refractivity contribution in [2.45, 2.75) is 19.5 Å². The molecule has 92 valence electrons. The van der Waals surface area contributed by atoms with E-state index in [2.05, 4.69) is 17.0 Å². The second kappa shape index (κ2) is 5.49. The van der Waals surface area contributed by atoms with Crippen LogP contribution >= 0.6 is 11.6 Å². The second-order valence-corrected chi connectivity index (χ2v) is 3.79. The third-order valence-corrected chi connectivity index (χ3v) is 2.45. The van der Waals surface area contributed by atoms with Crippen LogP contribution in [-0.4, -0.2) is 21.7 Å². The summed E-state index contributed by atoms with van der Waals surface area (Å²) in [4.78, 5) is 22.6. The zero-order valence-corrected chi connectivity index (χ0v) is 10.1. The topological polar surface area (TPSA) is 90.0 Å². The molecule has 17 heavy (non-hydrogen) atoms. The molecule has 0 aromatic carbocycles. The third kappa shape index (κ3) is 3.07. The van der Waals surface area contributed by atoms with Crippen molar-refractivity contribution in [1.82, 2.24) is 9.78 Å². The van der Waals surface area contributed by atoms with E-state index in [9.17, 15) is 9.59 Å². The van der Waals surface area contributed by atoms with Crippen LogP contribution in [0.2, 0.25) is 5.02 Å². The number of nitrogens with one attached hydrogen (secondary N) is 1. The maximum Gasteiger partial charge on any atom is 0.287 e. The predicted molar refractivity (Wildman–Crippen MR) is 66.0 cm³/mol. The fourth-order valence-corrected chi connectivity index (χ4v) is 1.32. The molecule has 1 rings (SSSR count). The van der Waals surface area contributed by atoms with Crippen LogP contribution in [0, 0.1) is 0 Å². The van der Waals surface area contributed by atoms with Crippen LogP contribution < -0.4 is 16.6 Å². The molecule has 1 unspecified atom stereocenters. The Labute approximate surface area is 103 Å². The van der Waals surface area contributed by atoms with Gasteiger partial charge in [0.1, 0.15) is 11.1 Å². The number of carbonyl (C=O) groups excluding carboxylic acids is 1. The van der Waals surface area contributed by atoms with Gasteiger partial charge in [0.25, 0.3) is 5.56 Å². The summed E-state index contributed by atoms with van der Waals surface area (Å²) in [6, 6.07) is -0.635. The monoisotopic (exact) mass is 256 g/mol. The van der Waals surface area contributed by atoms with Crippen molar-refractivity contribution in [3.8, 4) is 0 Å². The molecule has 1 aromatic heterocycles. The summed E-state index contributed by atoms with van der Waals surface area (Å²) < 4.78 is 1.16. The molecular formula is C10H13ClN4O2. The average Bonchev–Trinajstić information content (AvgIpc) is 2.28. The van der Waals surface area contributed by atoms with E-state index in [0.29, 0.717) is 0 Å². The van der Waals surface area contributed by atoms with E-state index < -0.39 is 17.5 Å². The first kappa shape index (κ1) is 13.2. The van der Waals surface area contributed by atoms with E-state index in [1.807, 2.05) is 0 Å². The molecule has 6 nitrogen and oxygen atoms in total. The van der Waals surface area contributed by atoms with Crippen LogP contribution in [0.15, 0.2) is 23.6 Å². The minimum atomic E-state index is -0.635. The molecule has 1 atom stereocenters. The SMILES string of the molecule is C=CCn1ncc(NC(C)C(N)=O)c(Cl)c1=O. The van der Waals surface area contributed by atoms with Gasteiger partial charge >= 0.3 is 0 Å². The number of aromatic nitrogens is 2. The fourth-order valence-electron chi connectivity index (χ4n) is 1.12. The first-order chi connectivity index (χ1) is 7.97. The number of hydrogen-bond acceptors (Lipinski definition) is 4. The largest absolute Gasteiger partial charge is 0.371 e. The number of nitrogens with two attached hydrogens (primary N) is 1. The summed E-state index contributed by atoms with van der Waals surface area (Å²) in [5, 5.41) is 6.55. The van der Waals surface area contributed by atoms with Gasteiger partial charge in [-0.25, -0.2) is 4.68 Å². The highest BCUT2D eigenvalue weighted by atomic mass is 35.5. The lowest BCUT2D eigenvalue weighted by atomic mass is 10.3. The Morgan fingerprint density at radius 2 is 2.47 bits per heavy atom. The van der Waals surface area contributed by atoms with Crippen molar-refractivity contribution < 1.29 is 4.79 Å². The minimum Gasteiger partial charge on any atom is -0.371 e. The first-order valence-corrected chi connectivity index (χ1v) is 5.27. The number of amides is 1. The quantitative estimate of drug-likeness (QED) is 0.745. The highest BCUT2D eigenvalue weighted by molar-refractivity contribution is 6.33. The Kier molecular flexibility index (Phi) is 4.28. The Balaban J connectivity index is 3.04. The van der Waals surface area contributed by atoms with Crippen molar-refractivity contribution >= 4 is 23.2 Å². The van der Waals surface area contributed by atoms with Crippen molar-refractivity contribution in [2.75, 3.05) is 5.32 Å². The summed E-state index contributed by atoms with van der Waals surface area (Å²) >= 11 is 5.86. The summed E-state index contributed by atoms with van der Waals surface area (Å²) in [5.74, 6) is -0.545. The van der Waals surface area contributed by atoms with Gasteiger partial charge in [0.05, 0.1) is 18.4 Å². The van der Waals surface area contributed by atoms with Gasteiger partial charge in [0.2, 0.25) is 5.91 Å². The Morgan fingerprint density at radius 1 is 1.82 bits per heavy atom. The van der Waals surface area contributed by atoms with E-state index in [1.54, 1.807) is 6.92 Å². The fraction of sp³-hybridized carbons (Fsp3) is 0.300. The molecular weight excluding hydrogens is 244 g/mol. The molecule has 0 aliphatic rings. The van der Waals surface area contributed by atoms with Gasteiger partial charge in [-0.15, -0.1) is 6.58 Å². The van der Waals surface area contributed by atoms with E-state index in [0.717, 1.165) is 4.68 Å². The van der Waals surface area contributed by atoms with Crippen LogP contribution in [0.3, 0.4) is 0 Å². The van der Waals surface area contributed by atoms with Gasteiger partial charge in [-0.1, -0.05) is 17.7 Å².